The zero-order chi connectivity index (χ0) is 20.8. The minimum atomic E-state index is 0.724. The molecule has 1 aromatic rings. The van der Waals surface area contributed by atoms with Crippen LogP contribution in [0.15, 0.2) is 30.3 Å². The van der Waals surface area contributed by atoms with Gasteiger partial charge in [-0.15, -0.1) is 0 Å². The monoisotopic (exact) mass is 400 g/mol. The minimum Gasteiger partial charge on any atom is -0.0654 e. The lowest BCUT2D eigenvalue weighted by molar-refractivity contribution is 0.517. The molecular formula is C29H52. The summed E-state index contributed by atoms with van der Waals surface area (Å²) in [6.07, 6.45) is 29.1. The van der Waals surface area contributed by atoms with Gasteiger partial charge < -0.3 is 0 Å². The first-order chi connectivity index (χ1) is 14.3. The fraction of sp³-hybridized carbons (Fsp3) is 0.793. The van der Waals surface area contributed by atoms with Crippen LogP contribution in [0.25, 0.3) is 0 Å². The SMILES string of the molecule is CCCCCCCCCCCCCCCCCCCCCC(C)c1ccccc1. The van der Waals surface area contributed by atoms with Crippen LogP contribution in [0, 0.1) is 0 Å². The first-order valence-electron chi connectivity index (χ1n) is 13.4. The Hall–Kier alpha value is -0.780. The van der Waals surface area contributed by atoms with E-state index in [-0.39, 0.29) is 0 Å². The van der Waals surface area contributed by atoms with Crippen molar-refractivity contribution in [3.05, 3.63) is 35.9 Å². The van der Waals surface area contributed by atoms with Crippen LogP contribution in [-0.2, 0) is 0 Å². The Kier molecular flexibility index (Phi) is 18.6. The van der Waals surface area contributed by atoms with E-state index in [1.807, 2.05) is 0 Å². The van der Waals surface area contributed by atoms with E-state index >= 15 is 0 Å². The summed E-state index contributed by atoms with van der Waals surface area (Å²) >= 11 is 0. The molecule has 0 radical (unpaired) electrons. The molecule has 1 atom stereocenters. The third-order valence-electron chi connectivity index (χ3n) is 6.61. The number of benzene rings is 1. The maximum Gasteiger partial charge on any atom is -0.0190 e. The molecule has 1 aromatic carbocycles. The van der Waals surface area contributed by atoms with Crippen molar-refractivity contribution in [1.82, 2.24) is 0 Å². The van der Waals surface area contributed by atoms with Crippen molar-refractivity contribution in [2.75, 3.05) is 0 Å². The van der Waals surface area contributed by atoms with E-state index in [2.05, 4.69) is 44.2 Å². The van der Waals surface area contributed by atoms with Crippen LogP contribution in [0.1, 0.15) is 154 Å². The number of rotatable bonds is 21. The summed E-state index contributed by atoms with van der Waals surface area (Å²) in [6.45, 7) is 4.68. The molecule has 0 aliphatic heterocycles. The van der Waals surface area contributed by atoms with E-state index < -0.39 is 0 Å². The molecule has 1 rings (SSSR count). The highest BCUT2D eigenvalue weighted by Crippen LogP contribution is 2.22. The zero-order valence-electron chi connectivity index (χ0n) is 20.1. The van der Waals surface area contributed by atoms with Crippen molar-refractivity contribution in [2.45, 2.75) is 148 Å². The maximum atomic E-state index is 2.38. The number of hydrogen-bond acceptors (Lipinski definition) is 0. The van der Waals surface area contributed by atoms with E-state index in [1.165, 1.54) is 134 Å². The normalized spacial score (nSPS) is 12.3. The molecule has 0 spiro atoms. The molecule has 0 fully saturated rings. The summed E-state index contributed by atoms with van der Waals surface area (Å²) in [7, 11) is 0. The Labute approximate surface area is 184 Å². The van der Waals surface area contributed by atoms with Gasteiger partial charge in [0.05, 0.1) is 0 Å². The highest BCUT2D eigenvalue weighted by molar-refractivity contribution is 5.18. The zero-order valence-corrected chi connectivity index (χ0v) is 20.1. The summed E-state index contributed by atoms with van der Waals surface area (Å²) in [5.41, 5.74) is 1.51. The molecular weight excluding hydrogens is 348 g/mol. The van der Waals surface area contributed by atoms with Crippen LogP contribution in [0.2, 0.25) is 0 Å². The molecule has 0 saturated heterocycles. The summed E-state index contributed by atoms with van der Waals surface area (Å²) in [5.74, 6) is 0.724. The van der Waals surface area contributed by atoms with E-state index in [9.17, 15) is 0 Å². The Balaban J connectivity index is 1.72. The van der Waals surface area contributed by atoms with Gasteiger partial charge in [-0.3, -0.25) is 0 Å². The molecule has 0 nitrogen and oxygen atoms in total. The molecule has 0 saturated carbocycles. The van der Waals surface area contributed by atoms with Crippen molar-refractivity contribution in [3.63, 3.8) is 0 Å². The molecule has 0 bridgehead atoms. The van der Waals surface area contributed by atoms with E-state index in [0.29, 0.717) is 0 Å². The second-order valence-electron chi connectivity index (χ2n) is 9.46. The quantitative estimate of drug-likeness (QED) is 0.180. The van der Waals surface area contributed by atoms with Gasteiger partial charge in [0.15, 0.2) is 0 Å². The van der Waals surface area contributed by atoms with Crippen LogP contribution in [0.3, 0.4) is 0 Å². The standard InChI is InChI=1S/C29H52/c1-3-4-5-6-7-8-9-10-11-12-13-14-15-16-17-18-19-20-22-25-28(2)29-26-23-21-24-27-29/h21,23-24,26-28H,3-20,22,25H2,1-2H3. The van der Waals surface area contributed by atoms with Crippen LogP contribution in [0.5, 0.6) is 0 Å². The molecule has 0 aromatic heterocycles. The predicted molar refractivity (Wildman–Crippen MR) is 133 cm³/mol. The largest absolute Gasteiger partial charge is 0.0654 e. The second-order valence-corrected chi connectivity index (χ2v) is 9.46. The van der Waals surface area contributed by atoms with Crippen LogP contribution >= 0.6 is 0 Å². The van der Waals surface area contributed by atoms with Gasteiger partial charge in [0.1, 0.15) is 0 Å². The molecule has 0 amide bonds. The molecule has 0 heteroatoms. The van der Waals surface area contributed by atoms with E-state index in [4.69, 9.17) is 0 Å². The van der Waals surface area contributed by atoms with E-state index in [1.54, 1.807) is 0 Å². The average molecular weight is 401 g/mol. The van der Waals surface area contributed by atoms with Crippen molar-refractivity contribution in [3.8, 4) is 0 Å². The Morgan fingerprint density at radius 3 is 1.21 bits per heavy atom. The predicted octanol–water partition coefficient (Wildman–Crippen LogP) is 10.6. The van der Waals surface area contributed by atoms with Gasteiger partial charge >= 0.3 is 0 Å². The van der Waals surface area contributed by atoms with Gasteiger partial charge in [-0.05, 0) is 17.9 Å². The van der Waals surface area contributed by atoms with Crippen molar-refractivity contribution >= 4 is 0 Å². The Morgan fingerprint density at radius 1 is 0.483 bits per heavy atom. The van der Waals surface area contributed by atoms with Gasteiger partial charge in [0.25, 0.3) is 0 Å². The third-order valence-corrected chi connectivity index (χ3v) is 6.61. The summed E-state index contributed by atoms with van der Waals surface area (Å²) in [4.78, 5) is 0. The van der Waals surface area contributed by atoms with Crippen LogP contribution < -0.4 is 0 Å². The van der Waals surface area contributed by atoms with Gasteiger partial charge in [-0.25, -0.2) is 0 Å². The molecule has 168 valence electrons. The number of unbranched alkanes of at least 4 members (excludes halogenated alkanes) is 18. The van der Waals surface area contributed by atoms with Gasteiger partial charge in [-0.2, -0.15) is 0 Å². The highest BCUT2D eigenvalue weighted by Gasteiger charge is 2.04. The smallest absolute Gasteiger partial charge is 0.0190 e. The summed E-state index contributed by atoms with van der Waals surface area (Å²) < 4.78 is 0. The summed E-state index contributed by atoms with van der Waals surface area (Å²) in [5, 5.41) is 0. The minimum absolute atomic E-state index is 0.724. The maximum absolute atomic E-state index is 2.38. The average Bonchev–Trinajstić information content (AvgIpc) is 2.75. The van der Waals surface area contributed by atoms with Crippen LogP contribution in [-0.4, -0.2) is 0 Å². The van der Waals surface area contributed by atoms with Gasteiger partial charge in [0.2, 0.25) is 0 Å². The fourth-order valence-electron chi connectivity index (χ4n) is 4.48. The first-order valence-corrected chi connectivity index (χ1v) is 13.4. The Morgan fingerprint density at radius 2 is 0.828 bits per heavy atom. The highest BCUT2D eigenvalue weighted by atomic mass is 14.1. The molecule has 0 aliphatic carbocycles. The summed E-state index contributed by atoms with van der Waals surface area (Å²) in [6, 6.07) is 11.0. The van der Waals surface area contributed by atoms with Crippen molar-refractivity contribution < 1.29 is 0 Å². The lowest BCUT2D eigenvalue weighted by Crippen LogP contribution is -1.93. The van der Waals surface area contributed by atoms with Crippen LogP contribution in [0.4, 0.5) is 0 Å². The van der Waals surface area contributed by atoms with E-state index in [0.717, 1.165) is 5.92 Å². The molecule has 0 aliphatic rings. The molecule has 0 N–H and O–H groups in total. The van der Waals surface area contributed by atoms with Crippen molar-refractivity contribution in [1.29, 1.82) is 0 Å². The lowest BCUT2D eigenvalue weighted by Gasteiger charge is -2.11. The second kappa shape index (κ2) is 20.5. The third kappa shape index (κ3) is 16.7. The topological polar surface area (TPSA) is 0 Å². The first kappa shape index (κ1) is 26.3. The molecule has 0 heterocycles. The lowest BCUT2D eigenvalue weighted by atomic mass is 9.95. The fourth-order valence-corrected chi connectivity index (χ4v) is 4.48. The molecule has 1 unspecified atom stereocenters. The molecule has 29 heavy (non-hydrogen) atoms. The Bertz CT molecular complexity index is 421. The van der Waals surface area contributed by atoms with Gasteiger partial charge in [0, 0.05) is 0 Å². The number of hydrogen-bond donors (Lipinski definition) is 0. The van der Waals surface area contributed by atoms with Gasteiger partial charge in [-0.1, -0.05) is 166 Å². The van der Waals surface area contributed by atoms with Crippen molar-refractivity contribution in [2.24, 2.45) is 0 Å².